The molecule has 0 heterocycles. The molecule has 0 aromatic heterocycles. The lowest BCUT2D eigenvalue weighted by atomic mass is 9.78. The highest BCUT2D eigenvalue weighted by Crippen LogP contribution is 2.41. The van der Waals surface area contributed by atoms with Gasteiger partial charge in [0, 0.05) is 7.11 Å². The highest BCUT2D eigenvalue weighted by atomic mass is 16.5. The van der Waals surface area contributed by atoms with Crippen molar-refractivity contribution < 1.29 is 9.84 Å². The Morgan fingerprint density at radius 1 is 0.947 bits per heavy atom. The highest BCUT2D eigenvalue weighted by molar-refractivity contribution is 5.50. The summed E-state index contributed by atoms with van der Waals surface area (Å²) in [4.78, 5) is 0. The fourth-order valence-electron chi connectivity index (χ4n) is 2.17. The molecule has 1 rings (SSSR count). The molecule has 1 aromatic carbocycles. The van der Waals surface area contributed by atoms with Gasteiger partial charge in [0.2, 0.25) is 0 Å². The van der Waals surface area contributed by atoms with E-state index in [9.17, 15) is 5.11 Å². The molecule has 2 nitrogen and oxygen atoms in total. The third kappa shape index (κ3) is 3.50. The Balaban J connectivity index is 3.57. The van der Waals surface area contributed by atoms with E-state index < -0.39 is 0 Å². The molecular formula is C17H28O2. The Bertz CT molecular complexity index is 412. The van der Waals surface area contributed by atoms with E-state index in [0.717, 1.165) is 16.7 Å². The van der Waals surface area contributed by atoms with Gasteiger partial charge in [0.1, 0.15) is 5.75 Å². The van der Waals surface area contributed by atoms with Crippen LogP contribution in [0.15, 0.2) is 12.1 Å². The molecule has 0 saturated heterocycles. The predicted molar refractivity (Wildman–Crippen MR) is 80.9 cm³/mol. The molecule has 0 aliphatic rings. The number of hydrogen-bond donors (Lipinski definition) is 1. The zero-order valence-electron chi connectivity index (χ0n) is 13.6. The van der Waals surface area contributed by atoms with Gasteiger partial charge in [-0.05, 0) is 46.6 Å². The first-order valence-corrected chi connectivity index (χ1v) is 6.89. The van der Waals surface area contributed by atoms with Crippen molar-refractivity contribution in [2.24, 2.45) is 0 Å². The Morgan fingerprint density at radius 2 is 1.32 bits per heavy atom. The van der Waals surface area contributed by atoms with Crippen molar-refractivity contribution in [2.75, 3.05) is 7.11 Å². The number of aromatic hydroxyl groups is 1. The SMILES string of the molecule is CO[C@@H](C)c1cc(C(C)(C)C)c(O)c(C(C)(C)C)c1. The first-order chi connectivity index (χ1) is 8.48. The number of benzene rings is 1. The molecule has 1 aromatic rings. The van der Waals surface area contributed by atoms with E-state index in [1.165, 1.54) is 0 Å². The summed E-state index contributed by atoms with van der Waals surface area (Å²) in [6, 6.07) is 4.14. The van der Waals surface area contributed by atoms with Gasteiger partial charge in [-0.15, -0.1) is 0 Å². The number of methoxy groups -OCH3 is 1. The zero-order chi connectivity index (χ0) is 15.0. The summed E-state index contributed by atoms with van der Waals surface area (Å²) in [5.74, 6) is 0.423. The summed E-state index contributed by atoms with van der Waals surface area (Å²) < 4.78 is 5.43. The fraction of sp³-hybridized carbons (Fsp3) is 0.647. The summed E-state index contributed by atoms with van der Waals surface area (Å²) >= 11 is 0. The minimum Gasteiger partial charge on any atom is -0.507 e. The van der Waals surface area contributed by atoms with E-state index in [4.69, 9.17) is 4.74 Å². The van der Waals surface area contributed by atoms with E-state index in [-0.39, 0.29) is 16.9 Å². The molecule has 0 aliphatic heterocycles. The second-order valence-corrected chi connectivity index (χ2v) is 7.34. The van der Waals surface area contributed by atoms with Crippen molar-refractivity contribution in [3.8, 4) is 5.75 Å². The van der Waals surface area contributed by atoms with Crippen molar-refractivity contribution in [3.63, 3.8) is 0 Å². The molecule has 1 atom stereocenters. The molecule has 0 spiro atoms. The first kappa shape index (κ1) is 16.0. The van der Waals surface area contributed by atoms with Crippen molar-refractivity contribution >= 4 is 0 Å². The summed E-state index contributed by atoms with van der Waals surface area (Å²) in [6.07, 6.45) is 0.0304. The number of hydrogen-bond acceptors (Lipinski definition) is 2. The molecule has 1 N–H and O–H groups in total. The highest BCUT2D eigenvalue weighted by Gasteiger charge is 2.27. The van der Waals surface area contributed by atoms with Crippen LogP contribution in [0.5, 0.6) is 5.75 Å². The van der Waals surface area contributed by atoms with Gasteiger partial charge in [0.05, 0.1) is 6.10 Å². The molecule has 19 heavy (non-hydrogen) atoms. The predicted octanol–water partition coefficient (Wildman–Crippen LogP) is 4.69. The van der Waals surface area contributed by atoms with E-state index in [2.05, 4.69) is 53.7 Å². The minimum atomic E-state index is -0.0897. The van der Waals surface area contributed by atoms with Crippen LogP contribution in [0.25, 0.3) is 0 Å². The molecule has 0 saturated carbocycles. The number of rotatable bonds is 2. The number of phenolic OH excluding ortho intramolecular Hbond substituents is 1. The van der Waals surface area contributed by atoms with Crippen molar-refractivity contribution in [2.45, 2.75) is 65.4 Å². The van der Waals surface area contributed by atoms with Crippen LogP contribution in [0.2, 0.25) is 0 Å². The van der Waals surface area contributed by atoms with Crippen molar-refractivity contribution in [1.82, 2.24) is 0 Å². The van der Waals surface area contributed by atoms with Gasteiger partial charge in [-0.25, -0.2) is 0 Å². The van der Waals surface area contributed by atoms with Crippen LogP contribution >= 0.6 is 0 Å². The molecule has 108 valence electrons. The molecule has 0 unspecified atom stereocenters. The first-order valence-electron chi connectivity index (χ1n) is 6.89. The normalized spacial score (nSPS) is 14.5. The molecule has 2 heteroatoms. The summed E-state index contributed by atoms with van der Waals surface area (Å²) in [6.45, 7) is 14.8. The minimum absolute atomic E-state index is 0.0304. The third-order valence-electron chi connectivity index (χ3n) is 3.57. The lowest BCUT2D eigenvalue weighted by Gasteiger charge is -2.29. The maximum Gasteiger partial charge on any atom is 0.123 e. The summed E-state index contributed by atoms with van der Waals surface area (Å²) in [5, 5.41) is 10.6. The number of phenols is 1. The monoisotopic (exact) mass is 264 g/mol. The molecule has 0 radical (unpaired) electrons. The summed E-state index contributed by atoms with van der Waals surface area (Å²) in [7, 11) is 1.71. The van der Waals surface area contributed by atoms with Gasteiger partial charge >= 0.3 is 0 Å². The molecule has 0 bridgehead atoms. The van der Waals surface area contributed by atoms with Gasteiger partial charge in [-0.1, -0.05) is 41.5 Å². The second-order valence-electron chi connectivity index (χ2n) is 7.34. The van der Waals surface area contributed by atoms with Gasteiger partial charge in [0.25, 0.3) is 0 Å². The number of ether oxygens (including phenoxy) is 1. The second kappa shape index (κ2) is 5.16. The van der Waals surface area contributed by atoms with Gasteiger partial charge < -0.3 is 9.84 Å². The van der Waals surface area contributed by atoms with Crippen molar-refractivity contribution in [3.05, 3.63) is 28.8 Å². The quantitative estimate of drug-likeness (QED) is 0.839. The molecule has 0 aliphatic carbocycles. The van der Waals surface area contributed by atoms with Crippen LogP contribution in [-0.2, 0) is 15.6 Å². The fourth-order valence-corrected chi connectivity index (χ4v) is 2.17. The van der Waals surface area contributed by atoms with Crippen LogP contribution in [0.3, 0.4) is 0 Å². The van der Waals surface area contributed by atoms with Gasteiger partial charge in [-0.2, -0.15) is 0 Å². The maximum absolute atomic E-state index is 10.6. The standard InChI is InChI=1S/C17H28O2/c1-11(19-8)12-9-13(16(2,3)4)15(18)14(10-12)17(5,6)7/h9-11,18H,1-8H3/t11-/m0/s1. The van der Waals surface area contributed by atoms with Crippen molar-refractivity contribution in [1.29, 1.82) is 0 Å². The largest absolute Gasteiger partial charge is 0.507 e. The topological polar surface area (TPSA) is 29.5 Å². The lowest BCUT2D eigenvalue weighted by Crippen LogP contribution is -2.18. The van der Waals surface area contributed by atoms with Gasteiger partial charge in [-0.3, -0.25) is 0 Å². The average molecular weight is 264 g/mol. The van der Waals surface area contributed by atoms with E-state index >= 15 is 0 Å². The van der Waals surface area contributed by atoms with Crippen LogP contribution in [0, 0.1) is 0 Å². The smallest absolute Gasteiger partial charge is 0.123 e. The Morgan fingerprint density at radius 3 is 1.58 bits per heavy atom. The maximum atomic E-state index is 10.6. The lowest BCUT2D eigenvalue weighted by molar-refractivity contribution is 0.119. The Labute approximate surface area is 117 Å². The molecule has 0 amide bonds. The van der Waals surface area contributed by atoms with Crippen LogP contribution in [0.4, 0.5) is 0 Å². The van der Waals surface area contributed by atoms with E-state index in [1.807, 2.05) is 6.92 Å². The Hall–Kier alpha value is -1.02. The Kier molecular flexibility index (Phi) is 4.36. The van der Waals surface area contributed by atoms with Crippen LogP contribution in [-0.4, -0.2) is 12.2 Å². The van der Waals surface area contributed by atoms with E-state index in [1.54, 1.807) is 7.11 Å². The van der Waals surface area contributed by atoms with Gasteiger partial charge in [0.15, 0.2) is 0 Å². The molecular weight excluding hydrogens is 236 g/mol. The summed E-state index contributed by atoms with van der Waals surface area (Å²) in [5.41, 5.74) is 2.91. The average Bonchev–Trinajstić information content (AvgIpc) is 2.25. The van der Waals surface area contributed by atoms with E-state index in [0.29, 0.717) is 5.75 Å². The van der Waals surface area contributed by atoms with Crippen LogP contribution in [0.1, 0.15) is 71.3 Å². The van der Waals surface area contributed by atoms with Crippen LogP contribution < -0.4 is 0 Å². The molecule has 0 fully saturated rings. The third-order valence-corrected chi connectivity index (χ3v) is 3.57. The zero-order valence-corrected chi connectivity index (χ0v) is 13.6.